The second-order valence-electron chi connectivity index (χ2n) is 3.52. The van der Waals surface area contributed by atoms with Gasteiger partial charge in [0.05, 0.1) is 11.3 Å². The van der Waals surface area contributed by atoms with Gasteiger partial charge in [-0.3, -0.25) is 9.59 Å². The van der Waals surface area contributed by atoms with Crippen molar-refractivity contribution in [1.29, 1.82) is 0 Å². The Bertz CT molecular complexity index is 634. The van der Waals surface area contributed by atoms with Crippen molar-refractivity contribution in [3.63, 3.8) is 0 Å². The fourth-order valence-corrected chi connectivity index (χ4v) is 1.51. The predicted octanol–water partition coefficient (Wildman–Crippen LogP) is 2.42. The van der Waals surface area contributed by atoms with Crippen molar-refractivity contribution in [3.05, 3.63) is 63.3 Å². The van der Waals surface area contributed by atoms with Crippen LogP contribution in [0.3, 0.4) is 0 Å². The lowest BCUT2D eigenvalue weighted by atomic mass is 10.2. The van der Waals surface area contributed by atoms with E-state index >= 15 is 0 Å². The van der Waals surface area contributed by atoms with Crippen LogP contribution in [0.25, 0.3) is 0 Å². The topological polar surface area (TPSA) is 62.0 Å². The summed E-state index contributed by atoms with van der Waals surface area (Å²) in [5.74, 6) is -1.12. The molecule has 0 radical (unpaired) electrons. The Balaban J connectivity index is 2.23. The first-order chi connectivity index (χ1) is 8.56. The number of benzene rings is 1. The molecule has 0 atom stereocenters. The van der Waals surface area contributed by atoms with Gasteiger partial charge >= 0.3 is 0 Å². The van der Waals surface area contributed by atoms with Crippen LogP contribution in [0.1, 0.15) is 10.4 Å². The maximum atomic E-state index is 13.4. The molecule has 1 aromatic heterocycles. The molecule has 0 saturated carbocycles. The number of anilines is 1. The van der Waals surface area contributed by atoms with Crippen LogP contribution in [0, 0.1) is 5.82 Å². The summed E-state index contributed by atoms with van der Waals surface area (Å²) in [5, 5.41) is 2.68. The molecule has 2 N–H and O–H groups in total. The van der Waals surface area contributed by atoms with Crippen LogP contribution in [0.5, 0.6) is 0 Å². The number of carbonyl (C=O) groups is 1. The molecule has 0 saturated heterocycles. The summed E-state index contributed by atoms with van der Waals surface area (Å²) >= 11 is 5.70. The van der Waals surface area contributed by atoms with Crippen molar-refractivity contribution < 1.29 is 9.18 Å². The Morgan fingerprint density at radius 2 is 2.06 bits per heavy atom. The van der Waals surface area contributed by atoms with E-state index in [1.165, 1.54) is 30.5 Å². The predicted molar refractivity (Wildman–Crippen MR) is 66.4 cm³/mol. The van der Waals surface area contributed by atoms with E-state index in [-0.39, 0.29) is 16.8 Å². The van der Waals surface area contributed by atoms with Crippen LogP contribution < -0.4 is 10.9 Å². The molecule has 0 fully saturated rings. The first-order valence-corrected chi connectivity index (χ1v) is 5.39. The molecule has 6 heteroatoms. The number of halogens is 2. The average molecular weight is 267 g/mol. The largest absolute Gasteiger partial charge is 0.328 e. The number of rotatable bonds is 2. The summed E-state index contributed by atoms with van der Waals surface area (Å²) in [5.41, 5.74) is -0.117. The first-order valence-electron chi connectivity index (χ1n) is 5.01. The van der Waals surface area contributed by atoms with Gasteiger partial charge in [0.2, 0.25) is 5.56 Å². The molecule has 1 heterocycles. The smallest absolute Gasteiger partial charge is 0.257 e. The lowest BCUT2D eigenvalue weighted by Crippen LogP contribution is -2.15. The van der Waals surface area contributed by atoms with E-state index in [0.717, 1.165) is 6.07 Å². The third-order valence-electron chi connectivity index (χ3n) is 2.22. The standard InChI is InChI=1S/C12H8ClFN2O2/c13-8-2-3-9(14)10(5-8)16-12(18)7-1-4-11(17)15-6-7/h1-6H,(H,15,17)(H,16,18). The normalized spacial score (nSPS) is 10.1. The van der Waals surface area contributed by atoms with Crippen LogP contribution in [0.4, 0.5) is 10.1 Å². The number of H-pyrrole nitrogens is 1. The van der Waals surface area contributed by atoms with Gasteiger partial charge in [-0.1, -0.05) is 11.6 Å². The van der Waals surface area contributed by atoms with Gasteiger partial charge in [0.25, 0.3) is 5.91 Å². The third-order valence-corrected chi connectivity index (χ3v) is 2.46. The number of aromatic nitrogens is 1. The summed E-state index contributed by atoms with van der Waals surface area (Å²) in [7, 11) is 0. The van der Waals surface area contributed by atoms with Crippen LogP contribution in [-0.2, 0) is 0 Å². The highest BCUT2D eigenvalue weighted by Gasteiger charge is 2.09. The number of aromatic amines is 1. The van der Waals surface area contributed by atoms with Gasteiger partial charge < -0.3 is 10.3 Å². The number of carbonyl (C=O) groups excluding carboxylic acids is 1. The van der Waals surface area contributed by atoms with Gasteiger partial charge in [0.15, 0.2) is 0 Å². The van der Waals surface area contributed by atoms with Crippen molar-refractivity contribution in [3.8, 4) is 0 Å². The minimum absolute atomic E-state index is 0.0151. The van der Waals surface area contributed by atoms with E-state index in [0.29, 0.717) is 5.02 Å². The number of pyridine rings is 1. The highest BCUT2D eigenvalue weighted by atomic mass is 35.5. The molecule has 2 rings (SSSR count). The molecule has 1 aromatic carbocycles. The summed E-state index contributed by atoms with van der Waals surface area (Å²) in [6.45, 7) is 0. The van der Waals surface area contributed by atoms with Crippen molar-refractivity contribution in [1.82, 2.24) is 4.98 Å². The van der Waals surface area contributed by atoms with Crippen LogP contribution in [-0.4, -0.2) is 10.9 Å². The third kappa shape index (κ3) is 2.75. The van der Waals surface area contributed by atoms with Crippen molar-refractivity contribution in [2.24, 2.45) is 0 Å². The Morgan fingerprint density at radius 1 is 1.28 bits per heavy atom. The highest BCUT2D eigenvalue weighted by molar-refractivity contribution is 6.31. The van der Waals surface area contributed by atoms with E-state index < -0.39 is 11.7 Å². The van der Waals surface area contributed by atoms with Crippen LogP contribution in [0.15, 0.2) is 41.3 Å². The lowest BCUT2D eigenvalue weighted by Gasteiger charge is -2.06. The first kappa shape index (κ1) is 12.3. The molecule has 0 bridgehead atoms. The van der Waals surface area contributed by atoms with Crippen LogP contribution in [0.2, 0.25) is 5.02 Å². The van der Waals surface area contributed by atoms with E-state index in [4.69, 9.17) is 11.6 Å². The summed E-state index contributed by atoms with van der Waals surface area (Å²) < 4.78 is 13.4. The lowest BCUT2D eigenvalue weighted by molar-refractivity contribution is 0.102. The molecule has 0 spiro atoms. The molecule has 0 aliphatic carbocycles. The molecule has 0 unspecified atom stereocenters. The zero-order valence-corrected chi connectivity index (χ0v) is 9.79. The molecule has 0 aliphatic rings. The minimum Gasteiger partial charge on any atom is -0.328 e. The van der Waals surface area contributed by atoms with Gasteiger partial charge in [-0.05, 0) is 24.3 Å². The zero-order valence-electron chi connectivity index (χ0n) is 9.04. The summed E-state index contributed by atoms with van der Waals surface area (Å²) in [4.78, 5) is 24.9. The molecule has 18 heavy (non-hydrogen) atoms. The van der Waals surface area contributed by atoms with Gasteiger partial charge in [0.1, 0.15) is 5.82 Å². The van der Waals surface area contributed by atoms with Gasteiger partial charge in [-0.25, -0.2) is 4.39 Å². The SMILES string of the molecule is O=C(Nc1cc(Cl)ccc1F)c1ccc(=O)[nH]c1. The zero-order chi connectivity index (χ0) is 13.1. The monoisotopic (exact) mass is 266 g/mol. The minimum atomic E-state index is -0.586. The second-order valence-corrected chi connectivity index (χ2v) is 3.96. The molecular formula is C12H8ClFN2O2. The average Bonchev–Trinajstić information content (AvgIpc) is 2.34. The van der Waals surface area contributed by atoms with Gasteiger partial charge in [-0.15, -0.1) is 0 Å². The maximum Gasteiger partial charge on any atom is 0.257 e. The van der Waals surface area contributed by atoms with Crippen molar-refractivity contribution >= 4 is 23.2 Å². The van der Waals surface area contributed by atoms with E-state index in [1.807, 2.05) is 0 Å². The Labute approximate surface area is 106 Å². The fraction of sp³-hybridized carbons (Fsp3) is 0. The molecule has 92 valence electrons. The van der Waals surface area contributed by atoms with Crippen molar-refractivity contribution in [2.45, 2.75) is 0 Å². The highest BCUT2D eigenvalue weighted by Crippen LogP contribution is 2.19. The number of hydrogen-bond acceptors (Lipinski definition) is 2. The maximum absolute atomic E-state index is 13.4. The summed E-state index contributed by atoms with van der Waals surface area (Å²) in [6.07, 6.45) is 1.25. The van der Waals surface area contributed by atoms with Gasteiger partial charge in [0, 0.05) is 17.3 Å². The van der Waals surface area contributed by atoms with E-state index in [1.54, 1.807) is 0 Å². The summed E-state index contributed by atoms with van der Waals surface area (Å²) in [6, 6.07) is 6.40. The Morgan fingerprint density at radius 3 is 2.72 bits per heavy atom. The molecule has 2 aromatic rings. The van der Waals surface area contributed by atoms with E-state index in [2.05, 4.69) is 10.3 Å². The number of nitrogens with one attached hydrogen (secondary N) is 2. The van der Waals surface area contributed by atoms with E-state index in [9.17, 15) is 14.0 Å². The number of hydrogen-bond donors (Lipinski definition) is 2. The Hall–Kier alpha value is -2.14. The second kappa shape index (κ2) is 5.01. The Kier molecular flexibility index (Phi) is 3.43. The number of amides is 1. The fourth-order valence-electron chi connectivity index (χ4n) is 1.34. The molecule has 4 nitrogen and oxygen atoms in total. The molecule has 0 aliphatic heterocycles. The molecule has 1 amide bonds. The van der Waals surface area contributed by atoms with Crippen LogP contribution >= 0.6 is 11.6 Å². The van der Waals surface area contributed by atoms with Gasteiger partial charge in [-0.2, -0.15) is 0 Å². The van der Waals surface area contributed by atoms with Crippen molar-refractivity contribution in [2.75, 3.05) is 5.32 Å². The molecular weight excluding hydrogens is 259 g/mol. The quantitative estimate of drug-likeness (QED) is 0.877.